The van der Waals surface area contributed by atoms with E-state index in [9.17, 15) is 4.79 Å². The van der Waals surface area contributed by atoms with Crippen LogP contribution in [0.2, 0.25) is 0 Å². The van der Waals surface area contributed by atoms with E-state index in [1.54, 1.807) is 25.3 Å². The maximum absolute atomic E-state index is 12.6. The molecule has 0 radical (unpaired) electrons. The SMILES string of the molecule is CCc1ccc([C@H](COC)NC(=O)c2cccc(-n3cnnn3)c2)o1. The molecule has 3 aromatic rings. The molecule has 2 heterocycles. The summed E-state index contributed by atoms with van der Waals surface area (Å²) >= 11 is 0. The van der Waals surface area contributed by atoms with Crippen molar-refractivity contribution in [3.8, 4) is 5.69 Å². The van der Waals surface area contributed by atoms with Crippen molar-refractivity contribution in [2.45, 2.75) is 19.4 Å². The lowest BCUT2D eigenvalue weighted by Crippen LogP contribution is -2.31. The second-order valence-corrected chi connectivity index (χ2v) is 5.44. The molecule has 0 unspecified atom stereocenters. The largest absolute Gasteiger partial charge is 0.464 e. The Labute approximate surface area is 144 Å². The van der Waals surface area contributed by atoms with Crippen molar-refractivity contribution in [3.05, 3.63) is 59.8 Å². The third-order valence-electron chi connectivity index (χ3n) is 3.73. The van der Waals surface area contributed by atoms with Crippen LogP contribution in [0.3, 0.4) is 0 Å². The number of carbonyl (C=O) groups excluding carboxylic acids is 1. The number of nitrogens with one attached hydrogen (secondary N) is 1. The van der Waals surface area contributed by atoms with Gasteiger partial charge in [-0.25, -0.2) is 4.68 Å². The number of furan rings is 1. The summed E-state index contributed by atoms with van der Waals surface area (Å²) in [4.78, 5) is 12.6. The molecule has 1 amide bonds. The van der Waals surface area contributed by atoms with Crippen molar-refractivity contribution in [2.75, 3.05) is 13.7 Å². The number of carbonyl (C=O) groups is 1. The van der Waals surface area contributed by atoms with E-state index in [2.05, 4.69) is 20.8 Å². The van der Waals surface area contributed by atoms with Crippen LogP contribution in [0, 0.1) is 0 Å². The molecule has 0 fully saturated rings. The number of aryl methyl sites for hydroxylation is 1. The van der Waals surface area contributed by atoms with Crippen LogP contribution in [0.15, 0.2) is 47.1 Å². The second kappa shape index (κ2) is 7.71. The number of methoxy groups -OCH3 is 1. The Morgan fingerprint density at radius 3 is 2.92 bits per heavy atom. The summed E-state index contributed by atoms with van der Waals surface area (Å²) in [5.41, 5.74) is 1.20. The molecule has 0 saturated carbocycles. The summed E-state index contributed by atoms with van der Waals surface area (Å²) in [6.07, 6.45) is 2.27. The molecule has 130 valence electrons. The molecule has 8 nitrogen and oxygen atoms in total. The monoisotopic (exact) mass is 341 g/mol. The van der Waals surface area contributed by atoms with Crippen LogP contribution in [0.5, 0.6) is 0 Å². The number of rotatable bonds is 7. The van der Waals surface area contributed by atoms with Crippen LogP contribution < -0.4 is 5.32 Å². The summed E-state index contributed by atoms with van der Waals surface area (Å²) < 4.78 is 12.4. The van der Waals surface area contributed by atoms with Crippen LogP contribution in [0.4, 0.5) is 0 Å². The van der Waals surface area contributed by atoms with E-state index in [0.29, 0.717) is 23.6 Å². The zero-order valence-electron chi connectivity index (χ0n) is 14.0. The van der Waals surface area contributed by atoms with E-state index in [0.717, 1.165) is 12.2 Å². The second-order valence-electron chi connectivity index (χ2n) is 5.44. The normalized spacial score (nSPS) is 12.1. The van der Waals surface area contributed by atoms with Gasteiger partial charge in [-0.15, -0.1) is 5.10 Å². The first-order valence-corrected chi connectivity index (χ1v) is 7.93. The van der Waals surface area contributed by atoms with Gasteiger partial charge in [0.1, 0.15) is 23.9 Å². The smallest absolute Gasteiger partial charge is 0.252 e. The van der Waals surface area contributed by atoms with Gasteiger partial charge in [0.2, 0.25) is 0 Å². The molecule has 3 rings (SSSR count). The zero-order valence-corrected chi connectivity index (χ0v) is 14.0. The molecular weight excluding hydrogens is 322 g/mol. The Bertz CT molecular complexity index is 828. The van der Waals surface area contributed by atoms with E-state index < -0.39 is 0 Å². The number of tetrazole rings is 1. The number of nitrogens with zero attached hydrogens (tertiary/aromatic N) is 4. The van der Waals surface area contributed by atoms with Gasteiger partial charge in [-0.2, -0.15) is 0 Å². The fraction of sp³-hybridized carbons (Fsp3) is 0.294. The van der Waals surface area contributed by atoms with E-state index in [-0.39, 0.29) is 11.9 Å². The Kier molecular flexibility index (Phi) is 5.20. The molecule has 0 aliphatic heterocycles. The van der Waals surface area contributed by atoms with Crippen molar-refractivity contribution < 1.29 is 13.9 Å². The van der Waals surface area contributed by atoms with Gasteiger partial charge in [0.05, 0.1) is 12.3 Å². The minimum atomic E-state index is -0.366. The standard InChI is InChI=1S/C17H19N5O3/c1-3-14-7-8-16(25-14)15(10-24-2)19-17(23)12-5-4-6-13(9-12)22-11-18-20-21-22/h4-9,11,15H,3,10H2,1-2H3,(H,19,23)/t15-/m0/s1. The summed E-state index contributed by atoms with van der Waals surface area (Å²) in [6, 6.07) is 10.4. The number of amides is 1. The molecular formula is C17H19N5O3. The van der Waals surface area contributed by atoms with Crippen molar-refractivity contribution >= 4 is 5.91 Å². The maximum Gasteiger partial charge on any atom is 0.252 e. The summed E-state index contributed by atoms with van der Waals surface area (Å²) in [6.45, 7) is 2.33. The van der Waals surface area contributed by atoms with Crippen LogP contribution in [-0.2, 0) is 11.2 Å². The van der Waals surface area contributed by atoms with E-state index in [4.69, 9.17) is 9.15 Å². The highest BCUT2D eigenvalue weighted by Crippen LogP contribution is 2.19. The molecule has 0 aliphatic carbocycles. The van der Waals surface area contributed by atoms with Crippen molar-refractivity contribution in [1.29, 1.82) is 0 Å². The van der Waals surface area contributed by atoms with Gasteiger partial charge in [0.15, 0.2) is 0 Å². The fourth-order valence-corrected chi connectivity index (χ4v) is 2.44. The van der Waals surface area contributed by atoms with Crippen LogP contribution in [0.25, 0.3) is 5.69 Å². The molecule has 8 heteroatoms. The lowest BCUT2D eigenvalue weighted by atomic mass is 10.1. The Hall–Kier alpha value is -3.00. The van der Waals surface area contributed by atoms with Gasteiger partial charge >= 0.3 is 0 Å². The molecule has 0 spiro atoms. The zero-order chi connectivity index (χ0) is 17.6. The van der Waals surface area contributed by atoms with Gasteiger partial charge in [0, 0.05) is 19.1 Å². The van der Waals surface area contributed by atoms with Crippen LogP contribution in [0.1, 0.15) is 34.8 Å². The number of benzene rings is 1. The Morgan fingerprint density at radius 2 is 2.24 bits per heavy atom. The number of hydrogen-bond acceptors (Lipinski definition) is 6. The Morgan fingerprint density at radius 1 is 1.36 bits per heavy atom. The predicted octanol–water partition coefficient (Wildman–Crippen LogP) is 1.94. The molecule has 0 bridgehead atoms. The molecule has 0 aliphatic rings. The van der Waals surface area contributed by atoms with Crippen molar-refractivity contribution in [3.63, 3.8) is 0 Å². The van der Waals surface area contributed by atoms with Gasteiger partial charge in [0.25, 0.3) is 5.91 Å². The van der Waals surface area contributed by atoms with Crippen molar-refractivity contribution in [1.82, 2.24) is 25.5 Å². The lowest BCUT2D eigenvalue weighted by Gasteiger charge is -2.16. The van der Waals surface area contributed by atoms with E-state index in [1.807, 2.05) is 25.1 Å². The summed E-state index contributed by atoms with van der Waals surface area (Å²) in [7, 11) is 1.58. The van der Waals surface area contributed by atoms with Crippen LogP contribution >= 0.6 is 0 Å². The highest BCUT2D eigenvalue weighted by molar-refractivity contribution is 5.95. The highest BCUT2D eigenvalue weighted by atomic mass is 16.5. The first-order chi connectivity index (χ1) is 12.2. The lowest BCUT2D eigenvalue weighted by molar-refractivity contribution is 0.0882. The van der Waals surface area contributed by atoms with Gasteiger partial charge in [-0.1, -0.05) is 13.0 Å². The first kappa shape index (κ1) is 16.8. The van der Waals surface area contributed by atoms with Crippen molar-refractivity contribution in [2.24, 2.45) is 0 Å². The summed E-state index contributed by atoms with van der Waals surface area (Å²) in [5.74, 6) is 1.31. The van der Waals surface area contributed by atoms with Gasteiger partial charge < -0.3 is 14.5 Å². The van der Waals surface area contributed by atoms with E-state index >= 15 is 0 Å². The highest BCUT2D eigenvalue weighted by Gasteiger charge is 2.19. The average Bonchev–Trinajstić information content (AvgIpc) is 3.33. The fourth-order valence-electron chi connectivity index (χ4n) is 2.44. The van der Waals surface area contributed by atoms with Crippen LogP contribution in [-0.4, -0.2) is 39.8 Å². The maximum atomic E-state index is 12.6. The van der Waals surface area contributed by atoms with Gasteiger partial charge in [-0.05, 0) is 40.8 Å². The summed E-state index contributed by atoms with van der Waals surface area (Å²) in [5, 5.41) is 14.0. The molecule has 2 aromatic heterocycles. The quantitative estimate of drug-likeness (QED) is 0.705. The first-order valence-electron chi connectivity index (χ1n) is 7.93. The molecule has 25 heavy (non-hydrogen) atoms. The minimum Gasteiger partial charge on any atom is -0.464 e. The predicted molar refractivity (Wildman–Crippen MR) is 89.3 cm³/mol. The Balaban J connectivity index is 1.78. The third-order valence-corrected chi connectivity index (χ3v) is 3.73. The molecule has 1 N–H and O–H groups in total. The number of aromatic nitrogens is 4. The number of ether oxygens (including phenoxy) is 1. The molecule has 0 saturated heterocycles. The van der Waals surface area contributed by atoms with Gasteiger partial charge in [-0.3, -0.25) is 4.79 Å². The topological polar surface area (TPSA) is 95.1 Å². The van der Waals surface area contributed by atoms with E-state index in [1.165, 1.54) is 11.0 Å². The minimum absolute atomic E-state index is 0.230. The number of hydrogen-bond donors (Lipinski definition) is 1. The molecule has 1 aromatic carbocycles. The average molecular weight is 341 g/mol. The third kappa shape index (κ3) is 3.92. The molecule has 1 atom stereocenters.